The van der Waals surface area contributed by atoms with E-state index in [4.69, 9.17) is 4.74 Å². The van der Waals surface area contributed by atoms with Crippen LogP contribution in [0, 0.1) is 13.8 Å². The van der Waals surface area contributed by atoms with Crippen molar-refractivity contribution >= 4 is 17.3 Å². The van der Waals surface area contributed by atoms with Crippen LogP contribution >= 0.6 is 0 Å². The van der Waals surface area contributed by atoms with Crippen LogP contribution in [0.5, 0.6) is 5.75 Å². The number of ether oxygens (including phenoxy) is 1. The minimum atomic E-state index is -0.222. The molecule has 0 aliphatic heterocycles. The molecule has 5 heteroatoms. The van der Waals surface area contributed by atoms with Gasteiger partial charge in [0, 0.05) is 12.2 Å². The van der Waals surface area contributed by atoms with Crippen LogP contribution in [0.4, 0.5) is 11.4 Å². The summed E-state index contributed by atoms with van der Waals surface area (Å²) < 4.78 is 5.15. The number of aromatic nitrogens is 1. The monoisotopic (exact) mass is 361 g/mol. The maximum absolute atomic E-state index is 12.4. The van der Waals surface area contributed by atoms with E-state index in [1.54, 1.807) is 19.4 Å². The van der Waals surface area contributed by atoms with Crippen LogP contribution in [-0.4, -0.2) is 18.0 Å². The first kappa shape index (κ1) is 18.5. The molecule has 5 nitrogen and oxygen atoms in total. The number of carbonyl (C=O) groups excluding carboxylic acids is 1. The van der Waals surface area contributed by atoms with Gasteiger partial charge in [-0.2, -0.15) is 0 Å². The number of carbonyl (C=O) groups is 1. The molecule has 0 bridgehead atoms. The molecule has 0 saturated carbocycles. The van der Waals surface area contributed by atoms with Crippen molar-refractivity contribution in [1.82, 2.24) is 4.98 Å². The summed E-state index contributed by atoms with van der Waals surface area (Å²) in [6, 6.07) is 17.3. The van der Waals surface area contributed by atoms with Gasteiger partial charge in [-0.15, -0.1) is 0 Å². The van der Waals surface area contributed by atoms with Crippen molar-refractivity contribution in [1.29, 1.82) is 0 Å². The molecule has 27 heavy (non-hydrogen) atoms. The quantitative estimate of drug-likeness (QED) is 0.675. The zero-order valence-corrected chi connectivity index (χ0v) is 15.7. The van der Waals surface area contributed by atoms with Gasteiger partial charge in [0.1, 0.15) is 11.4 Å². The van der Waals surface area contributed by atoms with Crippen LogP contribution in [0.15, 0.2) is 60.8 Å². The average Bonchev–Trinajstić information content (AvgIpc) is 2.70. The molecule has 2 aromatic carbocycles. The second-order valence-corrected chi connectivity index (χ2v) is 6.39. The Bertz CT molecular complexity index is 919. The maximum Gasteiger partial charge on any atom is 0.274 e. The number of pyridine rings is 1. The number of benzene rings is 2. The Balaban J connectivity index is 1.58. The summed E-state index contributed by atoms with van der Waals surface area (Å²) in [5.41, 5.74) is 5.47. The maximum atomic E-state index is 12.4. The molecule has 0 aliphatic carbocycles. The first-order valence-corrected chi connectivity index (χ1v) is 8.76. The lowest BCUT2D eigenvalue weighted by Crippen LogP contribution is -2.14. The van der Waals surface area contributed by atoms with Gasteiger partial charge in [0.15, 0.2) is 0 Å². The largest absolute Gasteiger partial charge is 0.497 e. The summed E-state index contributed by atoms with van der Waals surface area (Å²) >= 11 is 0. The number of hydrogen-bond donors (Lipinski definition) is 2. The SMILES string of the molecule is COc1ccc(CNc2ccc(C(=O)Nc3ccc(C)c(C)c3)nc2)cc1. The van der Waals surface area contributed by atoms with Crippen molar-refractivity contribution in [3.05, 3.63) is 83.2 Å². The van der Waals surface area contributed by atoms with Crippen LogP contribution in [0.25, 0.3) is 0 Å². The number of aryl methyl sites for hydroxylation is 2. The highest BCUT2D eigenvalue weighted by Gasteiger charge is 2.08. The number of hydrogen-bond acceptors (Lipinski definition) is 4. The summed E-state index contributed by atoms with van der Waals surface area (Å²) in [5, 5.41) is 6.17. The minimum Gasteiger partial charge on any atom is -0.497 e. The molecule has 0 unspecified atom stereocenters. The van der Waals surface area contributed by atoms with E-state index < -0.39 is 0 Å². The average molecular weight is 361 g/mol. The van der Waals surface area contributed by atoms with E-state index in [9.17, 15) is 4.79 Å². The van der Waals surface area contributed by atoms with Crippen molar-refractivity contribution in [3.8, 4) is 5.75 Å². The van der Waals surface area contributed by atoms with Gasteiger partial charge in [0.05, 0.1) is 19.0 Å². The van der Waals surface area contributed by atoms with E-state index in [0.717, 1.165) is 28.3 Å². The molecule has 0 atom stereocenters. The minimum absolute atomic E-state index is 0.222. The van der Waals surface area contributed by atoms with Crippen LogP contribution in [0.3, 0.4) is 0 Å². The lowest BCUT2D eigenvalue weighted by Gasteiger charge is -2.09. The fraction of sp³-hybridized carbons (Fsp3) is 0.182. The molecule has 3 rings (SSSR count). The zero-order valence-electron chi connectivity index (χ0n) is 15.7. The molecule has 0 fully saturated rings. The van der Waals surface area contributed by atoms with Crippen LogP contribution in [0.2, 0.25) is 0 Å². The number of nitrogens with one attached hydrogen (secondary N) is 2. The molecular weight excluding hydrogens is 338 g/mol. The Morgan fingerprint density at radius 3 is 2.33 bits per heavy atom. The smallest absolute Gasteiger partial charge is 0.274 e. The van der Waals surface area contributed by atoms with E-state index in [-0.39, 0.29) is 5.91 Å². The van der Waals surface area contributed by atoms with Crippen molar-refractivity contribution < 1.29 is 9.53 Å². The molecule has 138 valence electrons. The third-order valence-corrected chi connectivity index (χ3v) is 4.42. The first-order chi connectivity index (χ1) is 13.0. The lowest BCUT2D eigenvalue weighted by atomic mass is 10.1. The van der Waals surface area contributed by atoms with Crippen molar-refractivity contribution in [3.63, 3.8) is 0 Å². The fourth-order valence-corrected chi connectivity index (χ4v) is 2.59. The summed E-state index contributed by atoms with van der Waals surface area (Å²) in [7, 11) is 1.65. The van der Waals surface area contributed by atoms with Gasteiger partial charge >= 0.3 is 0 Å². The molecule has 3 aromatic rings. The Labute approximate surface area is 159 Å². The normalized spacial score (nSPS) is 10.3. The topological polar surface area (TPSA) is 63.2 Å². The van der Waals surface area contributed by atoms with Crippen LogP contribution in [0.1, 0.15) is 27.2 Å². The highest BCUT2D eigenvalue weighted by atomic mass is 16.5. The lowest BCUT2D eigenvalue weighted by molar-refractivity contribution is 0.102. The summed E-state index contributed by atoms with van der Waals surface area (Å²) in [4.78, 5) is 16.6. The molecule has 0 aliphatic rings. The third kappa shape index (κ3) is 4.85. The number of nitrogens with zero attached hydrogens (tertiary/aromatic N) is 1. The zero-order chi connectivity index (χ0) is 19.2. The predicted octanol–water partition coefficient (Wildman–Crippen LogP) is 4.57. The second kappa shape index (κ2) is 8.36. The van der Waals surface area contributed by atoms with Gasteiger partial charge in [-0.3, -0.25) is 4.79 Å². The van der Waals surface area contributed by atoms with E-state index >= 15 is 0 Å². The van der Waals surface area contributed by atoms with Crippen molar-refractivity contribution in [2.24, 2.45) is 0 Å². The van der Waals surface area contributed by atoms with Gasteiger partial charge in [-0.25, -0.2) is 4.98 Å². The van der Waals surface area contributed by atoms with Crippen LogP contribution < -0.4 is 15.4 Å². The molecule has 1 amide bonds. The highest BCUT2D eigenvalue weighted by Crippen LogP contribution is 2.16. The van der Waals surface area contributed by atoms with Crippen molar-refractivity contribution in [2.45, 2.75) is 20.4 Å². The standard InChI is InChI=1S/C22H23N3O2/c1-15-4-7-18(12-16(15)2)25-22(26)21-11-8-19(14-24-21)23-13-17-5-9-20(27-3)10-6-17/h4-12,14,23H,13H2,1-3H3,(H,25,26). The Kier molecular flexibility index (Phi) is 5.71. The van der Waals surface area contributed by atoms with Gasteiger partial charge in [0.25, 0.3) is 5.91 Å². The van der Waals surface area contributed by atoms with Gasteiger partial charge in [-0.1, -0.05) is 18.2 Å². The molecule has 0 spiro atoms. The second-order valence-electron chi connectivity index (χ2n) is 6.39. The number of rotatable bonds is 6. The number of anilines is 2. The van der Waals surface area contributed by atoms with Gasteiger partial charge in [-0.05, 0) is 66.9 Å². The van der Waals surface area contributed by atoms with Crippen LogP contribution in [-0.2, 0) is 6.54 Å². The fourth-order valence-electron chi connectivity index (χ4n) is 2.59. The molecule has 0 radical (unpaired) electrons. The summed E-state index contributed by atoms with van der Waals surface area (Å²) in [6.07, 6.45) is 1.67. The van der Waals surface area contributed by atoms with Crippen molar-refractivity contribution in [2.75, 3.05) is 17.7 Å². The molecule has 0 saturated heterocycles. The number of methoxy groups -OCH3 is 1. The molecule has 2 N–H and O–H groups in total. The Morgan fingerprint density at radius 2 is 1.70 bits per heavy atom. The molecule has 1 aromatic heterocycles. The number of amides is 1. The summed E-state index contributed by atoms with van der Waals surface area (Å²) in [5.74, 6) is 0.611. The van der Waals surface area contributed by atoms with E-state index in [1.807, 2.05) is 62.4 Å². The van der Waals surface area contributed by atoms with E-state index in [1.165, 1.54) is 5.56 Å². The van der Waals surface area contributed by atoms with Gasteiger partial charge < -0.3 is 15.4 Å². The van der Waals surface area contributed by atoms with E-state index in [0.29, 0.717) is 12.2 Å². The summed E-state index contributed by atoms with van der Waals surface area (Å²) in [6.45, 7) is 4.73. The van der Waals surface area contributed by atoms with Gasteiger partial charge in [0.2, 0.25) is 0 Å². The highest BCUT2D eigenvalue weighted by molar-refractivity contribution is 6.03. The van der Waals surface area contributed by atoms with E-state index in [2.05, 4.69) is 15.6 Å². The Morgan fingerprint density at radius 1 is 0.963 bits per heavy atom. The predicted molar refractivity (Wildman–Crippen MR) is 108 cm³/mol. The third-order valence-electron chi connectivity index (χ3n) is 4.42. The molecule has 1 heterocycles. The Hall–Kier alpha value is -3.34. The first-order valence-electron chi connectivity index (χ1n) is 8.76. The molecular formula is C22H23N3O2.